The zero-order valence-electron chi connectivity index (χ0n) is 16.2. The summed E-state index contributed by atoms with van der Waals surface area (Å²) in [6.45, 7) is 0.399. The molecule has 0 bridgehead atoms. The second-order valence-corrected chi connectivity index (χ2v) is 9.96. The van der Waals surface area contributed by atoms with Crippen molar-refractivity contribution in [2.75, 3.05) is 18.4 Å². The van der Waals surface area contributed by atoms with Crippen molar-refractivity contribution < 1.29 is 22.0 Å². The zero-order chi connectivity index (χ0) is 22.0. The molecule has 0 spiro atoms. The van der Waals surface area contributed by atoms with Crippen molar-refractivity contribution in [3.05, 3.63) is 70.2 Å². The third-order valence-corrected chi connectivity index (χ3v) is 7.89. The van der Waals surface area contributed by atoms with E-state index in [4.69, 9.17) is 0 Å². The van der Waals surface area contributed by atoms with Crippen LogP contribution in [0.15, 0.2) is 53.4 Å². The Labute approximate surface area is 181 Å². The molecule has 162 valence electrons. The number of hydrogen-bond acceptors (Lipinski definition) is 6. The zero-order valence-corrected chi connectivity index (χ0v) is 17.8. The number of benzene rings is 2. The van der Waals surface area contributed by atoms with Gasteiger partial charge in [0.05, 0.1) is 0 Å². The lowest BCUT2D eigenvalue weighted by atomic mass is 10.0. The maximum absolute atomic E-state index is 14.1. The number of amides is 1. The predicted octanol–water partition coefficient (Wildman–Crippen LogP) is 3.64. The fourth-order valence-electron chi connectivity index (χ4n) is 3.40. The Bertz CT molecular complexity index is 1220. The number of nitrogens with one attached hydrogen (secondary N) is 1. The van der Waals surface area contributed by atoms with E-state index in [1.165, 1.54) is 40.7 Å². The molecule has 1 aliphatic heterocycles. The molecule has 4 rings (SSSR count). The molecular weight excluding hydrogens is 446 g/mol. The van der Waals surface area contributed by atoms with Gasteiger partial charge in [0, 0.05) is 24.7 Å². The molecule has 1 N–H and O–H groups in total. The fourth-order valence-corrected chi connectivity index (χ4v) is 5.85. The molecular formula is C20H18F2N4O3S2. The van der Waals surface area contributed by atoms with Gasteiger partial charge in [0.15, 0.2) is 0 Å². The van der Waals surface area contributed by atoms with Gasteiger partial charge in [0.2, 0.25) is 15.0 Å². The monoisotopic (exact) mass is 464 g/mol. The van der Waals surface area contributed by atoms with Crippen LogP contribution in [-0.4, -0.2) is 41.9 Å². The molecule has 2 aromatic carbocycles. The van der Waals surface area contributed by atoms with Gasteiger partial charge in [0.25, 0.3) is 5.91 Å². The van der Waals surface area contributed by atoms with Crippen LogP contribution in [0.5, 0.6) is 0 Å². The molecule has 2 heterocycles. The number of sulfonamides is 1. The molecule has 31 heavy (non-hydrogen) atoms. The van der Waals surface area contributed by atoms with Crippen LogP contribution in [0.25, 0.3) is 0 Å². The molecule has 0 unspecified atom stereocenters. The van der Waals surface area contributed by atoms with E-state index in [2.05, 4.69) is 15.5 Å². The van der Waals surface area contributed by atoms with E-state index in [0.717, 1.165) is 17.4 Å². The highest BCUT2D eigenvalue weighted by Crippen LogP contribution is 2.32. The van der Waals surface area contributed by atoms with Crippen LogP contribution in [0.3, 0.4) is 0 Å². The van der Waals surface area contributed by atoms with E-state index in [1.807, 2.05) is 0 Å². The first-order valence-corrected chi connectivity index (χ1v) is 11.8. The summed E-state index contributed by atoms with van der Waals surface area (Å²) in [5.74, 6) is -2.06. The summed E-state index contributed by atoms with van der Waals surface area (Å²) in [6.07, 6.45) is 1.24. The molecule has 7 nitrogen and oxygen atoms in total. The second-order valence-electron chi connectivity index (χ2n) is 7.04. The van der Waals surface area contributed by atoms with E-state index in [9.17, 15) is 22.0 Å². The quantitative estimate of drug-likeness (QED) is 0.623. The van der Waals surface area contributed by atoms with E-state index < -0.39 is 27.6 Å². The third-order valence-electron chi connectivity index (χ3n) is 4.91. The van der Waals surface area contributed by atoms with Gasteiger partial charge in [0.1, 0.15) is 21.5 Å². The molecule has 0 aliphatic carbocycles. The summed E-state index contributed by atoms with van der Waals surface area (Å²) in [5.41, 5.74) is 0.293. The van der Waals surface area contributed by atoms with Crippen molar-refractivity contribution in [1.82, 2.24) is 14.5 Å². The molecule has 1 aliphatic rings. The van der Waals surface area contributed by atoms with Crippen LogP contribution in [0.1, 0.15) is 33.6 Å². The highest BCUT2D eigenvalue weighted by molar-refractivity contribution is 7.89. The van der Waals surface area contributed by atoms with Gasteiger partial charge in [-0.3, -0.25) is 4.79 Å². The average Bonchev–Trinajstić information content (AvgIpc) is 3.25. The minimum atomic E-state index is -3.99. The minimum absolute atomic E-state index is 0.0911. The Kier molecular flexibility index (Phi) is 6.08. The van der Waals surface area contributed by atoms with Crippen molar-refractivity contribution in [3.8, 4) is 0 Å². The van der Waals surface area contributed by atoms with Crippen LogP contribution in [0.4, 0.5) is 14.5 Å². The standard InChI is InChI=1S/C20H18F2N4O3S2/c21-14-6-3-7-15(11-14)23-18(27)20-25-24-19(30-20)13-5-4-10-26(12-13)31(28,29)17-9-2-1-8-16(17)22/h1-3,6-9,11,13H,4-5,10,12H2,(H,23,27)/t13-/m0/s1. The molecule has 1 atom stereocenters. The number of hydrogen-bond donors (Lipinski definition) is 1. The highest BCUT2D eigenvalue weighted by Gasteiger charge is 2.34. The van der Waals surface area contributed by atoms with E-state index in [-0.39, 0.29) is 28.9 Å². The Morgan fingerprint density at radius 3 is 2.71 bits per heavy atom. The minimum Gasteiger partial charge on any atom is -0.320 e. The van der Waals surface area contributed by atoms with Crippen LogP contribution in [0, 0.1) is 11.6 Å². The Morgan fingerprint density at radius 1 is 1.13 bits per heavy atom. The number of carbonyl (C=O) groups is 1. The molecule has 1 saturated heterocycles. The maximum atomic E-state index is 14.1. The van der Waals surface area contributed by atoms with E-state index in [0.29, 0.717) is 23.5 Å². The van der Waals surface area contributed by atoms with Gasteiger partial charge in [-0.2, -0.15) is 4.31 Å². The first kappa shape index (κ1) is 21.5. The molecule has 1 fully saturated rings. The highest BCUT2D eigenvalue weighted by atomic mass is 32.2. The number of anilines is 1. The van der Waals surface area contributed by atoms with Crippen molar-refractivity contribution >= 4 is 33.0 Å². The predicted molar refractivity (Wildman–Crippen MR) is 111 cm³/mol. The molecule has 0 saturated carbocycles. The van der Waals surface area contributed by atoms with Gasteiger partial charge in [-0.05, 0) is 43.2 Å². The van der Waals surface area contributed by atoms with Crippen LogP contribution < -0.4 is 5.32 Å². The summed E-state index contributed by atoms with van der Waals surface area (Å²) >= 11 is 1.06. The number of piperidine rings is 1. The largest absolute Gasteiger partial charge is 0.320 e. The van der Waals surface area contributed by atoms with Crippen molar-refractivity contribution in [1.29, 1.82) is 0 Å². The smallest absolute Gasteiger partial charge is 0.286 e. The van der Waals surface area contributed by atoms with Crippen LogP contribution >= 0.6 is 11.3 Å². The number of nitrogens with zero attached hydrogens (tertiary/aromatic N) is 3. The SMILES string of the molecule is O=C(Nc1cccc(F)c1)c1nnc([C@H]2CCCN(S(=O)(=O)c3ccccc3F)C2)s1. The summed E-state index contributed by atoms with van der Waals surface area (Å²) < 4.78 is 54.4. The lowest BCUT2D eigenvalue weighted by Gasteiger charge is -2.30. The van der Waals surface area contributed by atoms with Crippen molar-refractivity contribution in [3.63, 3.8) is 0 Å². The van der Waals surface area contributed by atoms with Gasteiger partial charge in [-0.25, -0.2) is 17.2 Å². The van der Waals surface area contributed by atoms with Gasteiger partial charge < -0.3 is 5.32 Å². The number of carbonyl (C=O) groups excluding carboxylic acids is 1. The molecule has 0 radical (unpaired) electrons. The number of aromatic nitrogens is 2. The Morgan fingerprint density at radius 2 is 1.94 bits per heavy atom. The second kappa shape index (κ2) is 8.77. The average molecular weight is 465 g/mol. The first-order chi connectivity index (χ1) is 14.8. The maximum Gasteiger partial charge on any atom is 0.286 e. The van der Waals surface area contributed by atoms with Gasteiger partial charge >= 0.3 is 0 Å². The lowest BCUT2D eigenvalue weighted by molar-refractivity contribution is 0.102. The van der Waals surface area contributed by atoms with Crippen molar-refractivity contribution in [2.24, 2.45) is 0 Å². The summed E-state index contributed by atoms with van der Waals surface area (Å²) in [4.78, 5) is 12.0. The van der Waals surface area contributed by atoms with Crippen molar-refractivity contribution in [2.45, 2.75) is 23.7 Å². The lowest BCUT2D eigenvalue weighted by Crippen LogP contribution is -2.39. The molecule has 11 heteroatoms. The topological polar surface area (TPSA) is 92.3 Å². The number of halogens is 2. The van der Waals surface area contributed by atoms with Gasteiger partial charge in [-0.1, -0.05) is 29.5 Å². The molecule has 1 amide bonds. The summed E-state index contributed by atoms with van der Waals surface area (Å²) in [7, 11) is -3.99. The Hall–Kier alpha value is -2.76. The molecule has 1 aromatic heterocycles. The third kappa shape index (κ3) is 4.63. The first-order valence-electron chi connectivity index (χ1n) is 9.49. The fraction of sp³-hybridized carbons (Fsp3) is 0.250. The van der Waals surface area contributed by atoms with Crippen LogP contribution in [-0.2, 0) is 10.0 Å². The van der Waals surface area contributed by atoms with E-state index in [1.54, 1.807) is 6.07 Å². The number of rotatable bonds is 5. The Balaban J connectivity index is 1.49. The van der Waals surface area contributed by atoms with Gasteiger partial charge in [-0.15, -0.1) is 10.2 Å². The molecule has 3 aromatic rings. The van der Waals surface area contributed by atoms with E-state index >= 15 is 0 Å². The summed E-state index contributed by atoms with van der Waals surface area (Å²) in [6, 6.07) is 10.8. The summed E-state index contributed by atoms with van der Waals surface area (Å²) in [5, 5.41) is 11.1. The van der Waals surface area contributed by atoms with Crippen LogP contribution in [0.2, 0.25) is 0 Å². The normalized spacial score (nSPS) is 17.4.